The van der Waals surface area contributed by atoms with Gasteiger partial charge in [0.25, 0.3) is 0 Å². The molecule has 0 aliphatic carbocycles. The van der Waals surface area contributed by atoms with Crippen molar-refractivity contribution in [3.05, 3.63) is 36.0 Å². The van der Waals surface area contributed by atoms with Crippen molar-refractivity contribution in [1.29, 1.82) is 0 Å². The van der Waals surface area contributed by atoms with Gasteiger partial charge in [0.05, 0.1) is 18.7 Å². The Morgan fingerprint density at radius 1 is 1.40 bits per heavy atom. The van der Waals surface area contributed by atoms with Crippen molar-refractivity contribution in [2.24, 2.45) is 0 Å². The van der Waals surface area contributed by atoms with E-state index in [0.717, 1.165) is 22.2 Å². The van der Waals surface area contributed by atoms with E-state index in [1.807, 2.05) is 31.2 Å². The third kappa shape index (κ3) is 1.92. The lowest BCUT2D eigenvalue weighted by Crippen LogP contribution is -1.94. The van der Waals surface area contributed by atoms with Crippen LogP contribution in [0.25, 0.3) is 10.9 Å². The number of aliphatic hydroxyl groups is 1. The van der Waals surface area contributed by atoms with E-state index >= 15 is 0 Å². The van der Waals surface area contributed by atoms with Crippen molar-refractivity contribution in [2.75, 3.05) is 6.61 Å². The monoisotopic (exact) mass is 203 g/mol. The van der Waals surface area contributed by atoms with Crippen LogP contribution in [0.1, 0.15) is 12.5 Å². The molecular weight excluding hydrogens is 190 g/mol. The molecule has 0 atom stereocenters. The molecular formula is C12H13NO2. The number of pyridine rings is 1. The molecule has 0 spiro atoms. The first-order valence-corrected chi connectivity index (χ1v) is 4.96. The smallest absolute Gasteiger partial charge is 0.128 e. The van der Waals surface area contributed by atoms with E-state index in [4.69, 9.17) is 9.84 Å². The molecule has 0 aliphatic rings. The summed E-state index contributed by atoms with van der Waals surface area (Å²) in [6.45, 7) is 2.58. The van der Waals surface area contributed by atoms with Crippen molar-refractivity contribution in [1.82, 2.24) is 4.98 Å². The van der Waals surface area contributed by atoms with Gasteiger partial charge in [-0.25, -0.2) is 0 Å². The van der Waals surface area contributed by atoms with Crippen molar-refractivity contribution >= 4 is 10.9 Å². The molecule has 0 radical (unpaired) electrons. The van der Waals surface area contributed by atoms with E-state index in [1.54, 1.807) is 6.20 Å². The number of benzene rings is 1. The van der Waals surface area contributed by atoms with E-state index in [0.29, 0.717) is 6.61 Å². The van der Waals surface area contributed by atoms with Gasteiger partial charge in [0.15, 0.2) is 0 Å². The van der Waals surface area contributed by atoms with Gasteiger partial charge < -0.3 is 9.84 Å². The van der Waals surface area contributed by atoms with Gasteiger partial charge in [0.2, 0.25) is 0 Å². The summed E-state index contributed by atoms with van der Waals surface area (Å²) in [5.41, 5.74) is 1.69. The summed E-state index contributed by atoms with van der Waals surface area (Å²) < 4.78 is 5.50. The first-order chi connectivity index (χ1) is 7.35. The fourth-order valence-electron chi connectivity index (χ4n) is 1.53. The van der Waals surface area contributed by atoms with Crippen molar-refractivity contribution in [3.63, 3.8) is 0 Å². The van der Waals surface area contributed by atoms with E-state index in [1.165, 1.54) is 0 Å². The number of rotatable bonds is 3. The lowest BCUT2D eigenvalue weighted by molar-refractivity contribution is 0.281. The van der Waals surface area contributed by atoms with Crippen LogP contribution in [0.4, 0.5) is 0 Å². The molecule has 1 heterocycles. The maximum absolute atomic E-state index is 9.04. The zero-order valence-corrected chi connectivity index (χ0v) is 8.60. The largest absolute Gasteiger partial charge is 0.493 e. The third-order valence-corrected chi connectivity index (χ3v) is 2.22. The van der Waals surface area contributed by atoms with E-state index in [-0.39, 0.29) is 6.61 Å². The Morgan fingerprint density at radius 2 is 2.27 bits per heavy atom. The van der Waals surface area contributed by atoms with E-state index < -0.39 is 0 Å². The van der Waals surface area contributed by atoms with Gasteiger partial charge in [-0.05, 0) is 30.7 Å². The summed E-state index contributed by atoms with van der Waals surface area (Å²) in [5.74, 6) is 0.817. The molecule has 15 heavy (non-hydrogen) atoms. The van der Waals surface area contributed by atoms with Crippen molar-refractivity contribution in [3.8, 4) is 5.75 Å². The van der Waals surface area contributed by atoms with Gasteiger partial charge in [0.1, 0.15) is 5.75 Å². The fourth-order valence-corrected chi connectivity index (χ4v) is 1.53. The minimum atomic E-state index is 0.00337. The number of aliphatic hydroxyl groups excluding tert-OH is 1. The first-order valence-electron chi connectivity index (χ1n) is 4.96. The maximum Gasteiger partial charge on any atom is 0.128 e. The lowest BCUT2D eigenvalue weighted by Gasteiger charge is -2.07. The van der Waals surface area contributed by atoms with Gasteiger partial charge in [-0.15, -0.1) is 0 Å². The molecule has 78 valence electrons. The summed E-state index contributed by atoms with van der Waals surface area (Å²) in [7, 11) is 0. The Morgan fingerprint density at radius 3 is 3.00 bits per heavy atom. The Balaban J connectivity index is 2.59. The van der Waals surface area contributed by atoms with Crippen LogP contribution in [0, 0.1) is 0 Å². The van der Waals surface area contributed by atoms with E-state index in [9.17, 15) is 0 Å². The highest BCUT2D eigenvalue weighted by atomic mass is 16.5. The van der Waals surface area contributed by atoms with E-state index in [2.05, 4.69) is 4.98 Å². The molecule has 0 amide bonds. The molecule has 0 unspecified atom stereocenters. The summed E-state index contributed by atoms with van der Waals surface area (Å²) in [5, 5.41) is 9.99. The van der Waals surface area contributed by atoms with Crippen LogP contribution in [-0.2, 0) is 6.61 Å². The average molecular weight is 203 g/mol. The number of fused-ring (bicyclic) bond motifs is 1. The summed E-state index contributed by atoms with van der Waals surface area (Å²) >= 11 is 0. The van der Waals surface area contributed by atoms with Crippen LogP contribution in [0.2, 0.25) is 0 Å². The number of hydrogen-bond donors (Lipinski definition) is 1. The van der Waals surface area contributed by atoms with Crippen molar-refractivity contribution in [2.45, 2.75) is 13.5 Å². The zero-order valence-electron chi connectivity index (χ0n) is 8.60. The normalized spacial score (nSPS) is 10.5. The molecule has 0 saturated carbocycles. The SMILES string of the molecule is CCOc1cccc2ncc(CO)cc12. The molecule has 1 N–H and O–H groups in total. The molecule has 0 aliphatic heterocycles. The fraction of sp³-hybridized carbons (Fsp3) is 0.250. The summed E-state index contributed by atoms with van der Waals surface area (Å²) in [6, 6.07) is 7.67. The molecule has 0 fully saturated rings. The number of nitrogens with zero attached hydrogens (tertiary/aromatic N) is 1. The Labute approximate surface area is 88.3 Å². The van der Waals surface area contributed by atoms with Crippen molar-refractivity contribution < 1.29 is 9.84 Å². The topological polar surface area (TPSA) is 42.4 Å². The summed E-state index contributed by atoms with van der Waals surface area (Å²) in [4.78, 5) is 4.25. The van der Waals surface area contributed by atoms with Crippen LogP contribution in [-0.4, -0.2) is 16.7 Å². The van der Waals surface area contributed by atoms with Crippen LogP contribution < -0.4 is 4.74 Å². The highest BCUT2D eigenvalue weighted by Gasteiger charge is 2.03. The third-order valence-electron chi connectivity index (χ3n) is 2.22. The number of hydrogen-bond acceptors (Lipinski definition) is 3. The quantitative estimate of drug-likeness (QED) is 0.830. The van der Waals surface area contributed by atoms with Gasteiger partial charge in [-0.3, -0.25) is 4.98 Å². The van der Waals surface area contributed by atoms with Gasteiger partial charge in [-0.2, -0.15) is 0 Å². The highest BCUT2D eigenvalue weighted by molar-refractivity contribution is 5.85. The molecule has 1 aromatic carbocycles. The highest BCUT2D eigenvalue weighted by Crippen LogP contribution is 2.24. The predicted molar refractivity (Wildman–Crippen MR) is 58.8 cm³/mol. The second-order valence-corrected chi connectivity index (χ2v) is 3.26. The lowest BCUT2D eigenvalue weighted by atomic mass is 10.1. The maximum atomic E-state index is 9.04. The number of ether oxygens (including phenoxy) is 1. The molecule has 2 rings (SSSR count). The first kappa shape index (κ1) is 9.93. The zero-order chi connectivity index (χ0) is 10.7. The molecule has 2 aromatic rings. The minimum Gasteiger partial charge on any atom is -0.493 e. The van der Waals surface area contributed by atoms with Gasteiger partial charge in [-0.1, -0.05) is 6.07 Å². The standard InChI is InChI=1S/C12H13NO2/c1-2-15-12-5-3-4-11-10(12)6-9(8-14)7-13-11/h3-7,14H,2,8H2,1H3. The Bertz CT molecular complexity index is 468. The average Bonchev–Trinajstić information content (AvgIpc) is 2.29. The molecule has 3 heteroatoms. The molecule has 3 nitrogen and oxygen atoms in total. The number of aromatic nitrogens is 1. The van der Waals surface area contributed by atoms with Crippen LogP contribution in [0.5, 0.6) is 5.75 Å². The second-order valence-electron chi connectivity index (χ2n) is 3.26. The second kappa shape index (κ2) is 4.28. The van der Waals surface area contributed by atoms with Crippen LogP contribution in [0.15, 0.2) is 30.5 Å². The molecule has 1 aromatic heterocycles. The van der Waals surface area contributed by atoms with Gasteiger partial charge in [0, 0.05) is 11.6 Å². The Kier molecular flexibility index (Phi) is 2.83. The molecule has 0 saturated heterocycles. The molecule has 0 bridgehead atoms. The Hall–Kier alpha value is -1.61. The summed E-state index contributed by atoms with van der Waals surface area (Å²) in [6.07, 6.45) is 1.68. The van der Waals surface area contributed by atoms with Crippen LogP contribution >= 0.6 is 0 Å². The predicted octanol–water partition coefficient (Wildman–Crippen LogP) is 2.13. The minimum absolute atomic E-state index is 0.00337. The van der Waals surface area contributed by atoms with Gasteiger partial charge >= 0.3 is 0 Å². The van der Waals surface area contributed by atoms with Crippen LogP contribution in [0.3, 0.4) is 0 Å².